The van der Waals surface area contributed by atoms with Crippen molar-refractivity contribution < 1.29 is 44.3 Å². The Morgan fingerprint density at radius 1 is 0.968 bits per heavy atom. The smallest absolute Gasteiger partial charge is 0.404 e. The molecule has 0 spiro atoms. The maximum Gasteiger partial charge on any atom is 0.404 e. The van der Waals surface area contributed by atoms with Gasteiger partial charge in [-0.15, -0.1) is 0 Å². The van der Waals surface area contributed by atoms with Crippen LogP contribution in [0.15, 0.2) is 0 Å². The number of hydrogen-bond acceptors (Lipinski definition) is 8. The van der Waals surface area contributed by atoms with Gasteiger partial charge in [-0.05, 0) is 19.3 Å². The Hall–Kier alpha value is -1.99. The van der Waals surface area contributed by atoms with Crippen LogP contribution in [0, 0.1) is 0 Å². The average molecular weight is 450 g/mol. The van der Waals surface area contributed by atoms with E-state index in [1.807, 2.05) is 0 Å². The number of unbranched alkanes of at least 4 members (excludes halogenated alkanes) is 3. The second kappa shape index (κ2) is 14.9. The third-order valence-electron chi connectivity index (χ3n) is 4.78. The number of carboxylic acid groups (broad SMARTS) is 1. The van der Waals surface area contributed by atoms with Gasteiger partial charge >= 0.3 is 6.09 Å². The van der Waals surface area contributed by atoms with Gasteiger partial charge in [-0.1, -0.05) is 12.8 Å². The van der Waals surface area contributed by atoms with Crippen molar-refractivity contribution in [3.63, 3.8) is 0 Å². The van der Waals surface area contributed by atoms with E-state index in [4.69, 9.17) is 14.6 Å². The average Bonchev–Trinajstić information content (AvgIpc) is 2.71. The first-order valence-electron chi connectivity index (χ1n) is 10.5. The van der Waals surface area contributed by atoms with Gasteiger partial charge in [0.15, 0.2) is 6.29 Å². The molecule has 0 aliphatic carbocycles. The summed E-state index contributed by atoms with van der Waals surface area (Å²) < 4.78 is 11.0. The largest absolute Gasteiger partial charge is 0.465 e. The highest BCUT2D eigenvalue weighted by molar-refractivity contribution is 5.75. The fourth-order valence-electron chi connectivity index (χ4n) is 3.16. The molecular weight excluding hydrogens is 414 g/mol. The Morgan fingerprint density at radius 2 is 1.61 bits per heavy atom. The molecule has 12 heteroatoms. The zero-order chi connectivity index (χ0) is 23.2. The van der Waals surface area contributed by atoms with Crippen LogP contribution in [0.25, 0.3) is 0 Å². The van der Waals surface area contributed by atoms with Crippen molar-refractivity contribution in [1.82, 2.24) is 16.0 Å². The molecule has 1 aliphatic heterocycles. The lowest BCUT2D eigenvalue weighted by atomic mass is 9.97. The van der Waals surface area contributed by atoms with Crippen LogP contribution in [0.1, 0.15) is 45.4 Å². The maximum absolute atomic E-state index is 11.9. The van der Waals surface area contributed by atoms with Crippen LogP contribution < -0.4 is 16.0 Å². The zero-order valence-electron chi connectivity index (χ0n) is 17.8. The van der Waals surface area contributed by atoms with E-state index in [0.29, 0.717) is 19.5 Å². The van der Waals surface area contributed by atoms with E-state index in [2.05, 4.69) is 16.0 Å². The van der Waals surface area contributed by atoms with Gasteiger partial charge in [-0.25, -0.2) is 4.79 Å². The van der Waals surface area contributed by atoms with E-state index < -0.39 is 49.3 Å². The quantitative estimate of drug-likeness (QED) is 0.158. The molecule has 0 aromatic carbocycles. The first-order valence-corrected chi connectivity index (χ1v) is 10.5. The van der Waals surface area contributed by atoms with Crippen LogP contribution in [0.2, 0.25) is 0 Å². The summed E-state index contributed by atoms with van der Waals surface area (Å²) in [5, 5.41) is 45.4. The predicted molar refractivity (Wildman–Crippen MR) is 108 cm³/mol. The number of nitrogens with one attached hydrogen (secondary N) is 3. The van der Waals surface area contributed by atoms with E-state index in [-0.39, 0.29) is 18.9 Å². The van der Waals surface area contributed by atoms with Crippen molar-refractivity contribution in [3.8, 4) is 0 Å². The second-order valence-electron chi connectivity index (χ2n) is 7.40. The van der Waals surface area contributed by atoms with Crippen molar-refractivity contribution in [1.29, 1.82) is 0 Å². The summed E-state index contributed by atoms with van der Waals surface area (Å²) in [7, 11) is 0. The van der Waals surface area contributed by atoms with E-state index in [1.165, 1.54) is 6.92 Å². The molecule has 31 heavy (non-hydrogen) atoms. The lowest BCUT2D eigenvalue weighted by Gasteiger charge is -2.42. The van der Waals surface area contributed by atoms with Crippen molar-refractivity contribution in [3.05, 3.63) is 0 Å². The number of carbonyl (C=O) groups is 3. The van der Waals surface area contributed by atoms with Crippen LogP contribution in [0.4, 0.5) is 4.79 Å². The highest BCUT2D eigenvalue weighted by atomic mass is 16.7. The molecule has 1 fully saturated rings. The fraction of sp³-hybridized carbons (Fsp3) is 0.842. The molecule has 5 atom stereocenters. The Labute approximate surface area is 181 Å². The number of amides is 3. The molecule has 1 rings (SSSR count). The minimum absolute atomic E-state index is 0.117. The van der Waals surface area contributed by atoms with E-state index in [1.54, 1.807) is 0 Å². The van der Waals surface area contributed by atoms with Gasteiger partial charge in [0.2, 0.25) is 11.8 Å². The number of aliphatic hydroxyl groups excluding tert-OH is 3. The molecule has 1 aliphatic rings. The van der Waals surface area contributed by atoms with Crippen molar-refractivity contribution in [2.45, 2.75) is 76.1 Å². The summed E-state index contributed by atoms with van der Waals surface area (Å²) in [4.78, 5) is 33.5. The van der Waals surface area contributed by atoms with Gasteiger partial charge in [0.1, 0.15) is 24.4 Å². The van der Waals surface area contributed by atoms with Crippen molar-refractivity contribution in [2.75, 3.05) is 26.3 Å². The zero-order valence-corrected chi connectivity index (χ0v) is 17.8. The Morgan fingerprint density at radius 3 is 2.19 bits per heavy atom. The topological polar surface area (TPSA) is 187 Å². The molecule has 0 saturated carbocycles. The summed E-state index contributed by atoms with van der Waals surface area (Å²) in [5.74, 6) is -0.573. The molecule has 1 heterocycles. The molecule has 12 nitrogen and oxygen atoms in total. The number of rotatable bonds is 14. The molecule has 1 saturated heterocycles. The molecule has 3 amide bonds. The molecule has 5 unspecified atom stereocenters. The monoisotopic (exact) mass is 449 g/mol. The minimum atomic E-state index is -1.37. The normalized spacial score (nSPS) is 25.6. The van der Waals surface area contributed by atoms with Gasteiger partial charge in [-0.3, -0.25) is 9.59 Å². The minimum Gasteiger partial charge on any atom is -0.465 e. The van der Waals surface area contributed by atoms with E-state index in [9.17, 15) is 29.7 Å². The van der Waals surface area contributed by atoms with Crippen LogP contribution >= 0.6 is 0 Å². The molecule has 180 valence electrons. The predicted octanol–water partition coefficient (Wildman–Crippen LogP) is -1.33. The van der Waals surface area contributed by atoms with Crippen LogP contribution in [-0.2, 0) is 19.1 Å². The SMILES string of the molecule is CC(=O)NC1C(OCCCC(=O)NCCCCCCNC(=O)O)OC(CO)C(O)C1O. The standard InChI is InChI=1S/C19H35N3O9/c1-12(24)22-15-17(27)16(26)13(11-23)31-18(15)30-10-6-7-14(25)20-8-4-2-3-5-9-21-19(28)29/h13,15-18,21,23,26-27H,2-11H2,1H3,(H,20,25)(H,22,24)(H,28,29). The maximum atomic E-state index is 11.9. The highest BCUT2D eigenvalue weighted by Crippen LogP contribution is 2.22. The van der Waals surface area contributed by atoms with Gasteiger partial charge in [0.25, 0.3) is 0 Å². The second-order valence-corrected chi connectivity index (χ2v) is 7.40. The van der Waals surface area contributed by atoms with Gasteiger partial charge in [-0.2, -0.15) is 0 Å². The van der Waals surface area contributed by atoms with Gasteiger partial charge in [0.05, 0.1) is 13.2 Å². The lowest BCUT2D eigenvalue weighted by Crippen LogP contribution is -2.64. The van der Waals surface area contributed by atoms with E-state index >= 15 is 0 Å². The summed E-state index contributed by atoms with van der Waals surface area (Å²) in [5.41, 5.74) is 0. The Kier molecular flexibility index (Phi) is 13.0. The fourth-order valence-corrected chi connectivity index (χ4v) is 3.16. The van der Waals surface area contributed by atoms with E-state index in [0.717, 1.165) is 25.7 Å². The lowest BCUT2D eigenvalue weighted by molar-refractivity contribution is -0.270. The molecular formula is C19H35N3O9. The van der Waals surface area contributed by atoms with Crippen molar-refractivity contribution in [2.24, 2.45) is 0 Å². The Bertz CT molecular complexity index is 564. The number of carbonyl (C=O) groups excluding carboxylic acids is 2. The number of aliphatic hydroxyl groups is 3. The number of hydrogen-bond donors (Lipinski definition) is 7. The van der Waals surface area contributed by atoms with Gasteiger partial charge < -0.3 is 45.9 Å². The summed E-state index contributed by atoms with van der Waals surface area (Å²) >= 11 is 0. The molecule has 0 aromatic rings. The molecule has 7 N–H and O–H groups in total. The van der Waals surface area contributed by atoms with Crippen LogP contribution in [-0.4, -0.2) is 95.3 Å². The van der Waals surface area contributed by atoms with Crippen LogP contribution in [0.5, 0.6) is 0 Å². The third-order valence-corrected chi connectivity index (χ3v) is 4.78. The molecule has 0 aromatic heterocycles. The van der Waals surface area contributed by atoms with Crippen molar-refractivity contribution >= 4 is 17.9 Å². The molecule has 0 bridgehead atoms. The third kappa shape index (κ3) is 10.7. The van der Waals surface area contributed by atoms with Gasteiger partial charge in [0, 0.05) is 26.4 Å². The highest BCUT2D eigenvalue weighted by Gasteiger charge is 2.45. The molecule has 0 radical (unpaired) electrons. The van der Waals surface area contributed by atoms with Crippen LogP contribution in [0.3, 0.4) is 0 Å². The summed E-state index contributed by atoms with van der Waals surface area (Å²) in [6.45, 7) is 1.80. The first-order chi connectivity index (χ1) is 14.8. The first kappa shape index (κ1) is 27.0. The summed E-state index contributed by atoms with van der Waals surface area (Å²) in [6.07, 6.45) is -1.99. The Balaban J connectivity index is 2.22. The summed E-state index contributed by atoms with van der Waals surface area (Å²) in [6, 6.07) is -1.00. The number of ether oxygens (including phenoxy) is 2.